The van der Waals surface area contributed by atoms with E-state index in [0.29, 0.717) is 48.0 Å². The van der Waals surface area contributed by atoms with Crippen LogP contribution in [0.4, 0.5) is 15.0 Å². The fraction of sp³-hybridized carbons (Fsp3) is 0.381. The highest BCUT2D eigenvalue weighted by atomic mass is 19.1. The molecule has 3 N–H and O–H groups in total. The number of carbonyl (C=O) groups is 2. The average Bonchev–Trinajstić information content (AvgIpc) is 3.45. The molecule has 0 radical (unpaired) electrons. The quantitative estimate of drug-likeness (QED) is 0.438. The number of fused-ring (bicyclic) bond motifs is 1. The monoisotopic (exact) mass is 457 g/mol. The molecular formula is C21H24FN7O4. The number of methoxy groups -OCH3 is 1. The van der Waals surface area contributed by atoms with Crippen molar-refractivity contribution >= 4 is 23.5 Å². The molecule has 1 fully saturated rings. The molecular weight excluding hydrogens is 433 g/mol. The van der Waals surface area contributed by atoms with Crippen LogP contribution in [0.5, 0.6) is 5.88 Å². The maximum absolute atomic E-state index is 13.9. The third kappa shape index (κ3) is 4.78. The Hall–Kier alpha value is -3.96. The van der Waals surface area contributed by atoms with E-state index in [9.17, 15) is 14.0 Å². The first kappa shape index (κ1) is 22.2. The number of pyridine rings is 1. The van der Waals surface area contributed by atoms with Gasteiger partial charge >= 0.3 is 6.09 Å². The Morgan fingerprint density at radius 3 is 2.91 bits per heavy atom. The smallest absolute Gasteiger partial charge is 0.404 e. The Kier molecular flexibility index (Phi) is 6.52. The molecule has 33 heavy (non-hydrogen) atoms. The number of nitrogens with zero attached hydrogens (tertiary/aromatic N) is 5. The second-order valence-corrected chi connectivity index (χ2v) is 7.56. The van der Waals surface area contributed by atoms with E-state index >= 15 is 0 Å². The first-order valence-corrected chi connectivity index (χ1v) is 10.5. The van der Waals surface area contributed by atoms with Gasteiger partial charge in [-0.1, -0.05) is 0 Å². The van der Waals surface area contributed by atoms with Gasteiger partial charge in [-0.3, -0.25) is 4.79 Å². The minimum absolute atomic E-state index is 0.167. The van der Waals surface area contributed by atoms with E-state index in [1.807, 2.05) is 4.90 Å². The lowest BCUT2D eigenvalue weighted by molar-refractivity contribution is 0.0955. The first-order valence-electron chi connectivity index (χ1n) is 10.5. The second-order valence-electron chi connectivity index (χ2n) is 7.56. The molecule has 0 aromatic carbocycles. The highest BCUT2D eigenvalue weighted by Gasteiger charge is 2.31. The van der Waals surface area contributed by atoms with E-state index in [1.54, 1.807) is 12.3 Å². The van der Waals surface area contributed by atoms with Gasteiger partial charge in [-0.05, 0) is 31.4 Å². The molecule has 0 aliphatic carbocycles. The van der Waals surface area contributed by atoms with Crippen molar-refractivity contribution in [2.24, 2.45) is 0 Å². The summed E-state index contributed by atoms with van der Waals surface area (Å²) in [5, 5.41) is 17.8. The van der Waals surface area contributed by atoms with Gasteiger partial charge in [0.05, 0.1) is 25.5 Å². The SMILES string of the molecule is COc1ncc(F)cc1C1CCCN1c1ccn2ncc(C(=O)NCCCNC(=O)O)c2n1. The van der Waals surface area contributed by atoms with Crippen LogP contribution in [0.15, 0.2) is 30.7 Å². The van der Waals surface area contributed by atoms with Crippen molar-refractivity contribution in [3.63, 3.8) is 0 Å². The van der Waals surface area contributed by atoms with Gasteiger partial charge in [-0.15, -0.1) is 0 Å². The fourth-order valence-corrected chi connectivity index (χ4v) is 3.98. The van der Waals surface area contributed by atoms with Gasteiger partial charge in [-0.25, -0.2) is 23.7 Å². The van der Waals surface area contributed by atoms with Crippen molar-refractivity contribution in [3.8, 4) is 5.88 Å². The molecule has 0 spiro atoms. The zero-order valence-electron chi connectivity index (χ0n) is 18.0. The molecule has 1 aliphatic heterocycles. The van der Waals surface area contributed by atoms with Crippen molar-refractivity contribution in [3.05, 3.63) is 47.7 Å². The molecule has 1 unspecified atom stereocenters. The highest BCUT2D eigenvalue weighted by Crippen LogP contribution is 2.38. The van der Waals surface area contributed by atoms with Crippen LogP contribution in [-0.2, 0) is 0 Å². The molecule has 1 saturated heterocycles. The van der Waals surface area contributed by atoms with E-state index in [4.69, 9.17) is 9.84 Å². The number of hydrogen-bond donors (Lipinski definition) is 3. The van der Waals surface area contributed by atoms with Crippen LogP contribution < -0.4 is 20.3 Å². The molecule has 4 rings (SSSR count). The zero-order chi connectivity index (χ0) is 23.4. The third-order valence-electron chi connectivity index (χ3n) is 5.46. The normalized spacial score (nSPS) is 15.6. The number of rotatable bonds is 8. The highest BCUT2D eigenvalue weighted by molar-refractivity contribution is 5.99. The Labute approximate surface area is 188 Å². The van der Waals surface area contributed by atoms with Gasteiger partial charge in [0.25, 0.3) is 5.91 Å². The molecule has 11 nitrogen and oxygen atoms in total. The van der Waals surface area contributed by atoms with Crippen molar-refractivity contribution < 1.29 is 23.8 Å². The van der Waals surface area contributed by atoms with Crippen molar-refractivity contribution in [1.82, 2.24) is 30.2 Å². The van der Waals surface area contributed by atoms with E-state index in [1.165, 1.54) is 23.9 Å². The number of amides is 2. The molecule has 0 saturated carbocycles. The number of carbonyl (C=O) groups excluding carboxylic acids is 1. The van der Waals surface area contributed by atoms with E-state index < -0.39 is 11.9 Å². The van der Waals surface area contributed by atoms with Crippen molar-refractivity contribution in [1.29, 1.82) is 0 Å². The molecule has 1 atom stereocenters. The van der Waals surface area contributed by atoms with Crippen molar-refractivity contribution in [2.45, 2.75) is 25.3 Å². The summed E-state index contributed by atoms with van der Waals surface area (Å²) in [6, 6.07) is 3.07. The summed E-state index contributed by atoms with van der Waals surface area (Å²) >= 11 is 0. The zero-order valence-corrected chi connectivity index (χ0v) is 18.0. The van der Waals surface area contributed by atoms with Crippen LogP contribution in [0.2, 0.25) is 0 Å². The van der Waals surface area contributed by atoms with Gasteiger partial charge in [0.15, 0.2) is 5.65 Å². The number of anilines is 1. The maximum atomic E-state index is 13.9. The van der Waals surface area contributed by atoms with Gasteiger partial charge < -0.3 is 25.4 Å². The number of carboxylic acid groups (broad SMARTS) is 1. The number of aromatic nitrogens is 4. The standard InChI is InChI=1S/C21H24FN7O4/c1-33-20-14(10-13(22)11-25-20)16-4-2-8-28(16)17-5-9-29-18(27-17)15(12-26-29)19(30)23-6-3-7-24-21(31)32/h5,9-12,16,24H,2-4,6-8H2,1H3,(H,23,30)(H,31,32). The largest absolute Gasteiger partial charge is 0.481 e. The molecule has 12 heteroatoms. The van der Waals surface area contributed by atoms with Crippen LogP contribution in [0.3, 0.4) is 0 Å². The van der Waals surface area contributed by atoms with Crippen LogP contribution in [-0.4, -0.2) is 63.4 Å². The third-order valence-corrected chi connectivity index (χ3v) is 5.46. The molecule has 1 aliphatic rings. The summed E-state index contributed by atoms with van der Waals surface area (Å²) in [5.41, 5.74) is 1.35. The van der Waals surface area contributed by atoms with Crippen LogP contribution in [0, 0.1) is 5.82 Å². The number of nitrogens with one attached hydrogen (secondary N) is 2. The Balaban J connectivity index is 1.55. The lowest BCUT2D eigenvalue weighted by Crippen LogP contribution is -2.29. The van der Waals surface area contributed by atoms with Crippen molar-refractivity contribution in [2.75, 3.05) is 31.6 Å². The Bertz CT molecular complexity index is 1170. The lowest BCUT2D eigenvalue weighted by Gasteiger charge is -2.26. The minimum Gasteiger partial charge on any atom is -0.481 e. The molecule has 3 aromatic heterocycles. The predicted octanol–water partition coefficient (Wildman–Crippen LogP) is 2.00. The fourth-order valence-electron chi connectivity index (χ4n) is 3.98. The second kappa shape index (κ2) is 9.67. The maximum Gasteiger partial charge on any atom is 0.404 e. The van der Waals surface area contributed by atoms with Crippen LogP contribution in [0.1, 0.15) is 41.2 Å². The summed E-state index contributed by atoms with van der Waals surface area (Å²) in [7, 11) is 1.50. The summed E-state index contributed by atoms with van der Waals surface area (Å²) < 4.78 is 20.8. The average molecular weight is 457 g/mol. The summed E-state index contributed by atoms with van der Waals surface area (Å²) in [4.78, 5) is 33.9. The van der Waals surface area contributed by atoms with Gasteiger partial charge in [-0.2, -0.15) is 5.10 Å². The number of ether oxygens (including phenoxy) is 1. The minimum atomic E-state index is -1.10. The number of halogens is 1. The first-order chi connectivity index (χ1) is 16.0. The summed E-state index contributed by atoms with van der Waals surface area (Å²) in [6.07, 6.45) is 5.31. The number of hydrogen-bond acceptors (Lipinski definition) is 7. The van der Waals surface area contributed by atoms with Gasteiger partial charge in [0, 0.05) is 31.4 Å². The summed E-state index contributed by atoms with van der Waals surface area (Å²) in [5.74, 6) is 0.223. The van der Waals surface area contributed by atoms with Gasteiger partial charge in [0.2, 0.25) is 5.88 Å². The molecule has 4 heterocycles. The summed E-state index contributed by atoms with van der Waals surface area (Å²) in [6.45, 7) is 1.25. The van der Waals surface area contributed by atoms with E-state index in [2.05, 4.69) is 25.7 Å². The molecule has 2 amide bonds. The molecule has 3 aromatic rings. The Morgan fingerprint density at radius 2 is 2.12 bits per heavy atom. The topological polar surface area (TPSA) is 134 Å². The predicted molar refractivity (Wildman–Crippen MR) is 116 cm³/mol. The Morgan fingerprint density at radius 1 is 1.30 bits per heavy atom. The van der Waals surface area contributed by atoms with E-state index in [0.717, 1.165) is 19.0 Å². The van der Waals surface area contributed by atoms with Crippen LogP contribution >= 0.6 is 0 Å². The molecule has 0 bridgehead atoms. The van der Waals surface area contributed by atoms with Gasteiger partial charge in [0.1, 0.15) is 17.2 Å². The molecule has 174 valence electrons. The van der Waals surface area contributed by atoms with Crippen LogP contribution in [0.25, 0.3) is 5.65 Å². The lowest BCUT2D eigenvalue weighted by atomic mass is 10.1. The van der Waals surface area contributed by atoms with E-state index in [-0.39, 0.29) is 18.5 Å².